The van der Waals surface area contributed by atoms with Crippen molar-refractivity contribution in [2.45, 2.75) is 181 Å². The first-order chi connectivity index (χ1) is 16.6. The molecule has 0 aromatic rings. The smallest absolute Gasteiger partial charge is 0.0613 e. The van der Waals surface area contributed by atoms with E-state index in [0.717, 1.165) is 0 Å². The van der Waals surface area contributed by atoms with Gasteiger partial charge in [0, 0.05) is 60.1 Å². The molecule has 0 amide bonds. The molecular formula is C33H72NdO6. The van der Waals surface area contributed by atoms with Crippen LogP contribution in [-0.4, -0.2) is 67.3 Å². The standard InChI is InChI=1S/3C11H24O2.Nd/c3*1-10(2,3)8(12)7-9(13)11(4,5)6;/h3*8-9,12-13H,7H2,1-6H3;. The van der Waals surface area contributed by atoms with Crippen LogP contribution >= 0.6 is 0 Å². The fraction of sp³-hybridized carbons (Fsp3) is 1.00. The molecule has 0 aliphatic carbocycles. The van der Waals surface area contributed by atoms with E-state index in [2.05, 4.69) is 0 Å². The Balaban J connectivity index is -0.000000240. The van der Waals surface area contributed by atoms with E-state index in [9.17, 15) is 30.6 Å². The van der Waals surface area contributed by atoms with Gasteiger partial charge in [-0.25, -0.2) is 0 Å². The van der Waals surface area contributed by atoms with Crippen LogP contribution in [0.2, 0.25) is 0 Å². The molecule has 0 aliphatic heterocycles. The molecule has 6 nitrogen and oxygen atoms in total. The van der Waals surface area contributed by atoms with Crippen LogP contribution in [0, 0.1) is 73.3 Å². The van der Waals surface area contributed by atoms with Gasteiger partial charge in [-0.2, -0.15) is 0 Å². The SMILES string of the molecule is CC(C)(C)C(O)CC(O)C(C)(C)C.CC(C)(C)C(O)CC(O)C(C)(C)C.CC(C)(C)C(O)CC(O)C(C)(C)C.[Nd]. The maximum Gasteiger partial charge on any atom is 0.0613 e. The third kappa shape index (κ3) is 23.6. The summed E-state index contributed by atoms with van der Waals surface area (Å²) in [5, 5.41) is 58.6. The second-order valence-electron chi connectivity index (χ2n) is 18.0. The quantitative estimate of drug-likeness (QED) is 0.186. The van der Waals surface area contributed by atoms with Crippen LogP contribution in [0.5, 0.6) is 0 Å². The van der Waals surface area contributed by atoms with Gasteiger partial charge >= 0.3 is 0 Å². The fourth-order valence-corrected chi connectivity index (χ4v) is 2.76. The number of aliphatic hydroxyl groups is 6. The Hall–Kier alpha value is 1.11. The van der Waals surface area contributed by atoms with E-state index in [0.29, 0.717) is 19.3 Å². The summed E-state index contributed by atoms with van der Waals surface area (Å²) in [7, 11) is 0. The summed E-state index contributed by atoms with van der Waals surface area (Å²) in [5.74, 6) is 0. The first kappa shape index (κ1) is 48.0. The Morgan fingerprint density at radius 2 is 0.350 bits per heavy atom. The summed E-state index contributed by atoms with van der Waals surface area (Å²) in [5.41, 5.74) is -0.880. The minimum atomic E-state index is -0.443. The average molecular weight is 709 g/mol. The molecule has 0 radical (unpaired) electrons. The van der Waals surface area contributed by atoms with Crippen molar-refractivity contribution in [3.8, 4) is 0 Å². The van der Waals surface area contributed by atoms with Crippen LogP contribution < -0.4 is 0 Å². The summed E-state index contributed by atoms with van der Waals surface area (Å²) in [6.07, 6.45) is -1.30. The van der Waals surface area contributed by atoms with Crippen molar-refractivity contribution >= 4 is 0 Å². The van der Waals surface area contributed by atoms with Gasteiger partial charge in [0.1, 0.15) is 0 Å². The minimum Gasteiger partial charge on any atom is -0.392 e. The van der Waals surface area contributed by atoms with Gasteiger partial charge in [0.25, 0.3) is 0 Å². The Kier molecular flexibility index (Phi) is 21.8. The van der Waals surface area contributed by atoms with Crippen molar-refractivity contribution in [3.63, 3.8) is 0 Å². The van der Waals surface area contributed by atoms with E-state index in [1.807, 2.05) is 125 Å². The van der Waals surface area contributed by atoms with E-state index in [-0.39, 0.29) is 73.3 Å². The molecule has 0 aromatic heterocycles. The largest absolute Gasteiger partial charge is 0.392 e. The summed E-state index contributed by atoms with van der Waals surface area (Å²) < 4.78 is 0. The molecule has 0 fully saturated rings. The second-order valence-corrected chi connectivity index (χ2v) is 18.0. The molecule has 6 N–H and O–H groups in total. The maximum absolute atomic E-state index is 9.76. The maximum atomic E-state index is 9.76. The van der Waals surface area contributed by atoms with Crippen LogP contribution in [-0.2, 0) is 0 Å². The van der Waals surface area contributed by atoms with Crippen LogP contribution in [0.1, 0.15) is 144 Å². The molecule has 40 heavy (non-hydrogen) atoms. The number of aliphatic hydroxyl groups excluding tert-OH is 6. The fourth-order valence-electron chi connectivity index (χ4n) is 2.76. The van der Waals surface area contributed by atoms with Gasteiger partial charge in [-0.1, -0.05) is 125 Å². The van der Waals surface area contributed by atoms with Gasteiger partial charge < -0.3 is 30.6 Å². The average Bonchev–Trinajstić information content (AvgIpc) is 2.64. The molecule has 244 valence electrons. The molecular weight excluding hydrogens is 637 g/mol. The van der Waals surface area contributed by atoms with E-state index >= 15 is 0 Å². The zero-order valence-corrected chi connectivity index (χ0v) is 33.0. The normalized spacial score (nSPS) is 18.0. The Bertz CT molecular complexity index is 494. The molecule has 0 spiro atoms. The molecule has 7 heteroatoms. The van der Waals surface area contributed by atoms with Crippen molar-refractivity contribution in [2.24, 2.45) is 32.5 Å². The van der Waals surface area contributed by atoms with Crippen LogP contribution in [0.15, 0.2) is 0 Å². The van der Waals surface area contributed by atoms with E-state index in [4.69, 9.17) is 0 Å². The van der Waals surface area contributed by atoms with Gasteiger partial charge in [-0.15, -0.1) is 0 Å². The predicted octanol–water partition coefficient (Wildman–Crippen LogP) is 6.57. The van der Waals surface area contributed by atoms with Gasteiger partial charge in [-0.05, 0) is 32.5 Å². The van der Waals surface area contributed by atoms with Crippen molar-refractivity contribution in [2.75, 3.05) is 0 Å². The van der Waals surface area contributed by atoms with Crippen molar-refractivity contribution < 1.29 is 71.5 Å². The van der Waals surface area contributed by atoms with Gasteiger partial charge in [-0.3, -0.25) is 0 Å². The summed E-state index contributed by atoms with van der Waals surface area (Å²) in [4.78, 5) is 0. The topological polar surface area (TPSA) is 121 Å². The van der Waals surface area contributed by atoms with E-state index in [1.165, 1.54) is 0 Å². The molecule has 0 aromatic carbocycles. The molecule has 0 rings (SSSR count). The monoisotopic (exact) mass is 706 g/mol. The van der Waals surface area contributed by atoms with Crippen molar-refractivity contribution in [1.82, 2.24) is 0 Å². The molecule has 0 heterocycles. The van der Waals surface area contributed by atoms with Crippen molar-refractivity contribution in [3.05, 3.63) is 0 Å². The number of hydrogen-bond acceptors (Lipinski definition) is 6. The first-order valence-corrected chi connectivity index (χ1v) is 14.7. The van der Waals surface area contributed by atoms with E-state index < -0.39 is 36.6 Å². The summed E-state index contributed by atoms with van der Waals surface area (Å²) in [6, 6.07) is 0. The van der Waals surface area contributed by atoms with Crippen molar-refractivity contribution in [1.29, 1.82) is 0 Å². The van der Waals surface area contributed by atoms with Gasteiger partial charge in [0.2, 0.25) is 0 Å². The van der Waals surface area contributed by atoms with E-state index in [1.54, 1.807) is 0 Å². The Labute approximate surface area is 282 Å². The number of rotatable bonds is 6. The molecule has 0 aliphatic rings. The summed E-state index contributed by atoms with van der Waals surface area (Å²) in [6.45, 7) is 35.6. The molecule has 0 saturated heterocycles. The zero-order chi connectivity index (χ0) is 32.6. The third-order valence-corrected chi connectivity index (χ3v) is 7.34. The summed E-state index contributed by atoms with van der Waals surface area (Å²) >= 11 is 0. The van der Waals surface area contributed by atoms with Crippen LogP contribution in [0.3, 0.4) is 0 Å². The minimum absolute atomic E-state index is 0. The van der Waals surface area contributed by atoms with Crippen LogP contribution in [0.25, 0.3) is 0 Å². The van der Waals surface area contributed by atoms with Crippen LogP contribution in [0.4, 0.5) is 0 Å². The third-order valence-electron chi connectivity index (χ3n) is 7.34. The molecule has 0 bridgehead atoms. The Morgan fingerprint density at radius 1 is 0.275 bits per heavy atom. The molecule has 0 saturated carbocycles. The second kappa shape index (κ2) is 18.2. The molecule has 6 unspecified atom stereocenters. The van der Waals surface area contributed by atoms with Gasteiger partial charge in [0.05, 0.1) is 36.6 Å². The zero-order valence-electron chi connectivity index (χ0n) is 29.8. The predicted molar refractivity (Wildman–Crippen MR) is 167 cm³/mol. The number of hydrogen-bond donors (Lipinski definition) is 6. The van der Waals surface area contributed by atoms with Gasteiger partial charge in [0.15, 0.2) is 0 Å². The first-order valence-electron chi connectivity index (χ1n) is 14.7. The Morgan fingerprint density at radius 3 is 0.400 bits per heavy atom. The molecule has 6 atom stereocenters.